The lowest BCUT2D eigenvalue weighted by atomic mass is 9.97. The number of anilines is 1. The van der Waals surface area contributed by atoms with E-state index in [1.807, 2.05) is 6.07 Å². The minimum atomic E-state index is -0.524. The molecule has 0 aliphatic heterocycles. The molecule has 25 heavy (non-hydrogen) atoms. The van der Waals surface area contributed by atoms with Gasteiger partial charge < -0.3 is 5.32 Å². The van der Waals surface area contributed by atoms with Crippen LogP contribution >= 0.6 is 0 Å². The Kier molecular flexibility index (Phi) is 5.16. The van der Waals surface area contributed by atoms with E-state index in [4.69, 9.17) is 0 Å². The molecule has 8 heteroatoms. The van der Waals surface area contributed by atoms with Crippen LogP contribution in [0.3, 0.4) is 0 Å². The number of aromatic amines is 1. The lowest BCUT2D eigenvalue weighted by molar-refractivity contribution is -0.116. The predicted octanol–water partition coefficient (Wildman–Crippen LogP) is 1.35. The highest BCUT2D eigenvalue weighted by Crippen LogP contribution is 2.31. The van der Waals surface area contributed by atoms with Gasteiger partial charge in [0.2, 0.25) is 5.91 Å². The first-order chi connectivity index (χ1) is 12.0. The van der Waals surface area contributed by atoms with E-state index in [0.717, 1.165) is 23.1 Å². The molecule has 0 unspecified atom stereocenters. The monoisotopic (exact) mass is 345 g/mol. The molecule has 2 aromatic heterocycles. The van der Waals surface area contributed by atoms with Crippen LogP contribution in [0.1, 0.15) is 50.1 Å². The number of rotatable bonds is 4. The van der Waals surface area contributed by atoms with Crippen LogP contribution in [0.2, 0.25) is 0 Å². The molecule has 1 fully saturated rings. The summed E-state index contributed by atoms with van der Waals surface area (Å²) in [6.07, 6.45) is 8.62. The Morgan fingerprint density at radius 2 is 2.00 bits per heavy atom. The van der Waals surface area contributed by atoms with Gasteiger partial charge in [-0.25, -0.2) is 4.79 Å². The average Bonchev–Trinajstić information content (AvgIpc) is 2.88. The molecule has 1 aliphatic rings. The number of nitrogens with zero attached hydrogens (tertiary/aromatic N) is 3. The molecule has 1 amide bonds. The Hall–Kier alpha value is -2.64. The fourth-order valence-electron chi connectivity index (χ4n) is 3.27. The van der Waals surface area contributed by atoms with Crippen LogP contribution < -0.4 is 16.6 Å². The summed E-state index contributed by atoms with van der Waals surface area (Å²) in [7, 11) is 1.38. The van der Waals surface area contributed by atoms with E-state index in [-0.39, 0.29) is 12.5 Å². The Labute approximate surface area is 144 Å². The second-order valence-corrected chi connectivity index (χ2v) is 6.57. The van der Waals surface area contributed by atoms with Crippen LogP contribution in [0.4, 0.5) is 5.82 Å². The molecule has 0 aromatic carbocycles. The highest BCUT2D eigenvalue weighted by atomic mass is 16.2. The lowest BCUT2D eigenvalue weighted by Gasteiger charge is -2.10. The van der Waals surface area contributed by atoms with Crippen molar-refractivity contribution in [3.63, 3.8) is 0 Å². The van der Waals surface area contributed by atoms with Gasteiger partial charge in [-0.1, -0.05) is 25.7 Å². The zero-order valence-corrected chi connectivity index (χ0v) is 14.3. The van der Waals surface area contributed by atoms with Crippen molar-refractivity contribution in [3.8, 4) is 0 Å². The number of nitrogens with one attached hydrogen (secondary N) is 2. The predicted molar refractivity (Wildman–Crippen MR) is 93.6 cm³/mol. The number of carbonyl (C=O) groups is 1. The van der Waals surface area contributed by atoms with E-state index in [2.05, 4.69) is 15.5 Å². The molecular formula is C17H23N5O3. The van der Waals surface area contributed by atoms with Gasteiger partial charge in [0.15, 0.2) is 5.82 Å². The standard InChI is InChI=1S/C17H23N5O3/c1-21-16(24)8-9-22(17(21)25)11-15(23)18-14-10-13(19-20-14)12-6-4-2-3-5-7-12/h8-10,12H,2-7,11H2,1H3,(H2,18,19,20,23). The van der Waals surface area contributed by atoms with Crippen molar-refractivity contribution < 1.29 is 4.79 Å². The summed E-state index contributed by atoms with van der Waals surface area (Å²) >= 11 is 0. The molecule has 2 aromatic rings. The summed E-state index contributed by atoms with van der Waals surface area (Å²) < 4.78 is 2.15. The molecule has 2 heterocycles. The van der Waals surface area contributed by atoms with Crippen molar-refractivity contribution in [1.82, 2.24) is 19.3 Å². The van der Waals surface area contributed by atoms with Gasteiger partial charge in [0.1, 0.15) is 6.54 Å². The van der Waals surface area contributed by atoms with Crippen LogP contribution in [0, 0.1) is 0 Å². The first-order valence-electron chi connectivity index (χ1n) is 8.66. The van der Waals surface area contributed by atoms with Gasteiger partial charge in [-0.2, -0.15) is 5.10 Å². The fraction of sp³-hybridized carbons (Fsp3) is 0.529. The van der Waals surface area contributed by atoms with E-state index in [1.165, 1.54) is 49.6 Å². The van der Waals surface area contributed by atoms with Gasteiger partial charge in [-0.3, -0.25) is 23.8 Å². The van der Waals surface area contributed by atoms with E-state index >= 15 is 0 Å². The maximum atomic E-state index is 12.2. The fourth-order valence-corrected chi connectivity index (χ4v) is 3.27. The largest absolute Gasteiger partial charge is 0.331 e. The maximum absolute atomic E-state index is 12.2. The second kappa shape index (κ2) is 7.50. The molecule has 134 valence electrons. The average molecular weight is 345 g/mol. The molecule has 0 atom stereocenters. The summed E-state index contributed by atoms with van der Waals surface area (Å²) in [5.41, 5.74) is 0.127. The Morgan fingerprint density at radius 3 is 2.72 bits per heavy atom. The third-order valence-corrected chi connectivity index (χ3v) is 4.73. The lowest BCUT2D eigenvalue weighted by Crippen LogP contribution is -2.38. The van der Waals surface area contributed by atoms with Gasteiger partial charge >= 0.3 is 5.69 Å². The molecule has 1 saturated carbocycles. The molecule has 2 N–H and O–H groups in total. The van der Waals surface area contributed by atoms with Gasteiger partial charge in [0.05, 0.1) is 0 Å². The number of amides is 1. The first-order valence-corrected chi connectivity index (χ1v) is 8.66. The minimum absolute atomic E-state index is 0.168. The smallest absolute Gasteiger partial charge is 0.308 e. The highest BCUT2D eigenvalue weighted by Gasteiger charge is 2.17. The van der Waals surface area contributed by atoms with Crippen LogP contribution in [0.15, 0.2) is 27.9 Å². The zero-order chi connectivity index (χ0) is 17.8. The van der Waals surface area contributed by atoms with E-state index in [0.29, 0.717) is 11.7 Å². The van der Waals surface area contributed by atoms with Gasteiger partial charge in [0.25, 0.3) is 5.56 Å². The summed E-state index contributed by atoms with van der Waals surface area (Å²) in [5, 5.41) is 9.88. The van der Waals surface area contributed by atoms with E-state index < -0.39 is 11.2 Å². The van der Waals surface area contributed by atoms with Crippen LogP contribution in [0.25, 0.3) is 0 Å². The Bertz CT molecular complexity index is 856. The molecule has 0 spiro atoms. The topological polar surface area (TPSA) is 102 Å². The van der Waals surface area contributed by atoms with Crippen molar-refractivity contribution in [2.45, 2.75) is 51.0 Å². The van der Waals surface area contributed by atoms with Crippen LogP contribution in [-0.2, 0) is 18.4 Å². The first kappa shape index (κ1) is 17.2. The Morgan fingerprint density at radius 1 is 1.28 bits per heavy atom. The van der Waals surface area contributed by atoms with E-state index in [9.17, 15) is 14.4 Å². The quantitative estimate of drug-likeness (QED) is 0.817. The SMILES string of the molecule is Cn1c(=O)ccn(CC(=O)Nc2cc(C3CCCCCC3)[nH]n2)c1=O. The van der Waals surface area contributed by atoms with Crippen molar-refractivity contribution in [2.75, 3.05) is 5.32 Å². The molecule has 1 aliphatic carbocycles. The summed E-state index contributed by atoms with van der Waals surface area (Å²) in [5.74, 6) is 0.564. The number of hydrogen-bond donors (Lipinski definition) is 2. The molecular weight excluding hydrogens is 322 g/mol. The van der Waals surface area contributed by atoms with Crippen LogP contribution in [0.5, 0.6) is 0 Å². The summed E-state index contributed by atoms with van der Waals surface area (Å²) in [4.78, 5) is 35.5. The van der Waals surface area contributed by atoms with Gasteiger partial charge in [-0.05, 0) is 12.8 Å². The van der Waals surface area contributed by atoms with Crippen molar-refractivity contribution in [3.05, 3.63) is 44.9 Å². The van der Waals surface area contributed by atoms with Crippen molar-refractivity contribution in [1.29, 1.82) is 0 Å². The number of carbonyl (C=O) groups excluding carboxylic acids is 1. The molecule has 0 saturated heterocycles. The molecule has 0 bridgehead atoms. The molecule has 0 radical (unpaired) electrons. The highest BCUT2D eigenvalue weighted by molar-refractivity contribution is 5.89. The molecule has 3 rings (SSSR count). The van der Waals surface area contributed by atoms with Gasteiger partial charge in [0, 0.05) is 37.0 Å². The summed E-state index contributed by atoms with van der Waals surface area (Å²) in [6, 6.07) is 3.13. The van der Waals surface area contributed by atoms with Crippen LogP contribution in [-0.4, -0.2) is 25.2 Å². The Balaban J connectivity index is 1.65. The number of aromatic nitrogens is 4. The van der Waals surface area contributed by atoms with Gasteiger partial charge in [-0.15, -0.1) is 0 Å². The maximum Gasteiger partial charge on any atom is 0.331 e. The third-order valence-electron chi connectivity index (χ3n) is 4.73. The van der Waals surface area contributed by atoms with Crippen molar-refractivity contribution in [2.24, 2.45) is 7.05 Å². The third kappa shape index (κ3) is 4.07. The van der Waals surface area contributed by atoms with E-state index in [1.54, 1.807) is 0 Å². The van der Waals surface area contributed by atoms with Crippen molar-refractivity contribution >= 4 is 11.7 Å². The number of hydrogen-bond acceptors (Lipinski definition) is 4. The summed E-state index contributed by atoms with van der Waals surface area (Å²) in [6.45, 7) is -0.168. The molecule has 8 nitrogen and oxygen atoms in total. The minimum Gasteiger partial charge on any atom is -0.308 e. The second-order valence-electron chi connectivity index (χ2n) is 6.57. The normalized spacial score (nSPS) is 15.7. The zero-order valence-electron chi connectivity index (χ0n) is 14.3. The number of H-pyrrole nitrogens is 1.